The van der Waals surface area contributed by atoms with Crippen LogP contribution in [0.2, 0.25) is 5.02 Å². The summed E-state index contributed by atoms with van der Waals surface area (Å²) in [5.41, 5.74) is 9.54. The predicted molar refractivity (Wildman–Crippen MR) is 113 cm³/mol. The molecule has 0 radical (unpaired) electrons. The van der Waals surface area contributed by atoms with Gasteiger partial charge in [0, 0.05) is 22.5 Å². The fraction of sp³-hybridized carbons (Fsp3) is 0.286. The summed E-state index contributed by atoms with van der Waals surface area (Å²) in [6.07, 6.45) is 2.22. The second-order valence-corrected chi connectivity index (χ2v) is 7.28. The van der Waals surface area contributed by atoms with Crippen LogP contribution in [0.3, 0.4) is 0 Å². The monoisotopic (exact) mass is 403 g/mol. The van der Waals surface area contributed by atoms with Crippen molar-refractivity contribution in [2.75, 3.05) is 13.1 Å². The van der Waals surface area contributed by atoms with Gasteiger partial charge in [0.2, 0.25) is 0 Å². The lowest BCUT2D eigenvalue weighted by Crippen LogP contribution is -2.26. The van der Waals surface area contributed by atoms with Gasteiger partial charge in [-0.15, -0.1) is 12.4 Å². The number of primary amides is 1. The molecular formula is C21H23Cl2N3O. The summed E-state index contributed by atoms with van der Waals surface area (Å²) in [6, 6.07) is 16.0. The molecule has 4 nitrogen and oxygen atoms in total. The molecule has 0 spiro atoms. The fourth-order valence-electron chi connectivity index (χ4n) is 3.97. The number of hydrogen-bond donors (Lipinski definition) is 2. The summed E-state index contributed by atoms with van der Waals surface area (Å²) >= 11 is 6.34. The lowest BCUT2D eigenvalue weighted by molar-refractivity contribution is 0.0992. The van der Waals surface area contributed by atoms with E-state index in [-0.39, 0.29) is 12.4 Å². The summed E-state index contributed by atoms with van der Waals surface area (Å²) in [6.45, 7) is 2.59. The van der Waals surface area contributed by atoms with Crippen LogP contribution in [-0.4, -0.2) is 23.6 Å². The summed E-state index contributed by atoms with van der Waals surface area (Å²) in [5.74, 6) is 0.0985. The van der Waals surface area contributed by atoms with Crippen molar-refractivity contribution < 1.29 is 4.79 Å². The summed E-state index contributed by atoms with van der Waals surface area (Å²) in [5, 5.41) is 5.23. The van der Waals surface area contributed by atoms with E-state index in [1.165, 1.54) is 5.56 Å². The summed E-state index contributed by atoms with van der Waals surface area (Å²) in [4.78, 5) is 12.1. The molecule has 0 saturated carbocycles. The molecule has 0 aliphatic carbocycles. The standard InChI is InChI=1S/C21H22ClN3O.ClH/c22-18-6-2-1-4-15(18)13-25-19-7-3-5-16(14-8-10-24-11-9-14)17(19)12-20(25)21(23)26;/h1-7,12,14,24H,8-11,13H2,(H2,23,26);1H. The van der Waals surface area contributed by atoms with Crippen molar-refractivity contribution in [1.29, 1.82) is 0 Å². The second-order valence-electron chi connectivity index (χ2n) is 6.88. The van der Waals surface area contributed by atoms with Gasteiger partial charge in [0.15, 0.2) is 0 Å². The Hall–Kier alpha value is -2.01. The molecule has 2 heterocycles. The van der Waals surface area contributed by atoms with Crippen LogP contribution >= 0.6 is 24.0 Å². The first-order chi connectivity index (χ1) is 12.6. The maximum atomic E-state index is 12.1. The van der Waals surface area contributed by atoms with Crippen LogP contribution in [0, 0.1) is 0 Å². The molecule has 1 fully saturated rings. The van der Waals surface area contributed by atoms with Gasteiger partial charge in [-0.05, 0) is 61.2 Å². The molecule has 6 heteroatoms. The first-order valence-corrected chi connectivity index (χ1v) is 9.39. The summed E-state index contributed by atoms with van der Waals surface area (Å²) < 4.78 is 1.99. The Morgan fingerprint density at radius 2 is 1.89 bits per heavy atom. The van der Waals surface area contributed by atoms with Crippen LogP contribution in [0.1, 0.15) is 40.4 Å². The fourth-order valence-corrected chi connectivity index (χ4v) is 4.16. The third-order valence-corrected chi connectivity index (χ3v) is 5.67. The number of amides is 1. The van der Waals surface area contributed by atoms with Gasteiger partial charge in [-0.1, -0.05) is 41.9 Å². The first-order valence-electron chi connectivity index (χ1n) is 9.01. The zero-order chi connectivity index (χ0) is 18.1. The molecular weight excluding hydrogens is 381 g/mol. The molecule has 1 aromatic heterocycles. The Kier molecular flexibility index (Phi) is 6.10. The van der Waals surface area contributed by atoms with E-state index < -0.39 is 5.91 Å². The number of hydrogen-bond acceptors (Lipinski definition) is 2. The molecule has 0 atom stereocenters. The molecule has 3 N–H and O–H groups in total. The largest absolute Gasteiger partial charge is 0.364 e. The van der Waals surface area contributed by atoms with Crippen molar-refractivity contribution in [3.8, 4) is 0 Å². The second kappa shape index (κ2) is 8.34. The number of rotatable bonds is 4. The van der Waals surface area contributed by atoms with Gasteiger partial charge in [-0.2, -0.15) is 0 Å². The Labute approximate surface area is 170 Å². The van der Waals surface area contributed by atoms with E-state index >= 15 is 0 Å². The average molecular weight is 404 g/mol. The quantitative estimate of drug-likeness (QED) is 0.680. The van der Waals surface area contributed by atoms with Crippen molar-refractivity contribution in [3.05, 3.63) is 70.4 Å². The van der Waals surface area contributed by atoms with Crippen LogP contribution in [0.15, 0.2) is 48.5 Å². The molecule has 142 valence electrons. The van der Waals surface area contributed by atoms with E-state index in [2.05, 4.69) is 23.5 Å². The molecule has 0 unspecified atom stereocenters. The number of benzene rings is 2. The third-order valence-electron chi connectivity index (χ3n) is 5.30. The Bertz CT molecular complexity index is 961. The van der Waals surface area contributed by atoms with Gasteiger partial charge in [0.1, 0.15) is 5.69 Å². The van der Waals surface area contributed by atoms with Crippen LogP contribution < -0.4 is 11.1 Å². The topological polar surface area (TPSA) is 60.1 Å². The number of nitrogens with one attached hydrogen (secondary N) is 1. The van der Waals surface area contributed by atoms with Crippen molar-refractivity contribution in [2.45, 2.75) is 25.3 Å². The number of aromatic nitrogens is 1. The molecule has 3 aromatic rings. The van der Waals surface area contributed by atoms with Crippen LogP contribution in [0.5, 0.6) is 0 Å². The minimum atomic E-state index is -0.412. The lowest BCUT2D eigenvalue weighted by Gasteiger charge is -2.23. The van der Waals surface area contributed by atoms with Crippen molar-refractivity contribution in [1.82, 2.24) is 9.88 Å². The smallest absolute Gasteiger partial charge is 0.265 e. The number of nitrogens with two attached hydrogens (primary N) is 1. The minimum Gasteiger partial charge on any atom is -0.364 e. The Balaban J connectivity index is 0.00000210. The number of fused-ring (bicyclic) bond motifs is 1. The van der Waals surface area contributed by atoms with Gasteiger partial charge in [-0.25, -0.2) is 0 Å². The highest BCUT2D eigenvalue weighted by atomic mass is 35.5. The normalized spacial score (nSPS) is 14.9. The van der Waals surface area contributed by atoms with E-state index in [1.54, 1.807) is 0 Å². The number of halogens is 2. The van der Waals surface area contributed by atoms with Crippen LogP contribution in [0.4, 0.5) is 0 Å². The number of piperidine rings is 1. The molecule has 2 aromatic carbocycles. The minimum absolute atomic E-state index is 0. The zero-order valence-electron chi connectivity index (χ0n) is 15.0. The van der Waals surface area contributed by atoms with E-state index in [1.807, 2.05) is 34.9 Å². The predicted octanol–water partition coefficient (Wildman–Crippen LogP) is 4.33. The highest BCUT2D eigenvalue weighted by molar-refractivity contribution is 6.31. The SMILES string of the molecule is Cl.NC(=O)c1cc2c(C3CCNCC3)cccc2n1Cc1ccccc1Cl. The van der Waals surface area contributed by atoms with Crippen molar-refractivity contribution >= 4 is 40.8 Å². The van der Waals surface area contributed by atoms with Gasteiger partial charge in [0.05, 0.1) is 0 Å². The molecule has 27 heavy (non-hydrogen) atoms. The Morgan fingerprint density at radius 3 is 2.59 bits per heavy atom. The number of nitrogens with zero attached hydrogens (tertiary/aromatic N) is 1. The van der Waals surface area contributed by atoms with E-state index in [0.717, 1.165) is 42.4 Å². The molecule has 1 saturated heterocycles. The molecule has 1 aliphatic heterocycles. The third kappa shape index (κ3) is 3.84. The average Bonchev–Trinajstić information content (AvgIpc) is 3.03. The zero-order valence-corrected chi connectivity index (χ0v) is 16.5. The molecule has 1 amide bonds. The summed E-state index contributed by atoms with van der Waals surface area (Å²) in [7, 11) is 0. The highest BCUT2D eigenvalue weighted by Gasteiger charge is 2.21. The number of carbonyl (C=O) groups is 1. The van der Waals surface area contributed by atoms with Crippen LogP contribution in [-0.2, 0) is 6.54 Å². The van der Waals surface area contributed by atoms with E-state index in [9.17, 15) is 4.79 Å². The molecule has 0 bridgehead atoms. The van der Waals surface area contributed by atoms with Crippen LogP contribution in [0.25, 0.3) is 10.9 Å². The maximum Gasteiger partial charge on any atom is 0.265 e. The van der Waals surface area contributed by atoms with Gasteiger partial charge in [-0.3, -0.25) is 4.79 Å². The number of carbonyl (C=O) groups excluding carboxylic acids is 1. The molecule has 1 aliphatic rings. The van der Waals surface area contributed by atoms with Gasteiger partial charge < -0.3 is 15.6 Å². The van der Waals surface area contributed by atoms with Gasteiger partial charge in [0.25, 0.3) is 5.91 Å². The van der Waals surface area contributed by atoms with Crippen molar-refractivity contribution in [3.63, 3.8) is 0 Å². The van der Waals surface area contributed by atoms with E-state index in [4.69, 9.17) is 17.3 Å². The van der Waals surface area contributed by atoms with Crippen molar-refractivity contribution in [2.24, 2.45) is 5.73 Å². The molecule has 4 rings (SSSR count). The van der Waals surface area contributed by atoms with E-state index in [0.29, 0.717) is 23.2 Å². The first kappa shape index (κ1) is 19.7. The Morgan fingerprint density at radius 1 is 1.15 bits per heavy atom. The lowest BCUT2D eigenvalue weighted by atomic mass is 9.88. The van der Waals surface area contributed by atoms with Gasteiger partial charge >= 0.3 is 0 Å². The highest BCUT2D eigenvalue weighted by Crippen LogP contribution is 2.34. The maximum absolute atomic E-state index is 12.1.